The maximum atomic E-state index is 12.2. The Balaban J connectivity index is 2.80. The van der Waals surface area contributed by atoms with Crippen LogP contribution in [0.1, 0.15) is 57.6 Å². The zero-order valence-corrected chi connectivity index (χ0v) is 14.7. The van der Waals surface area contributed by atoms with Crippen molar-refractivity contribution in [1.29, 1.82) is 0 Å². The van der Waals surface area contributed by atoms with Crippen LogP contribution in [0.15, 0.2) is 24.3 Å². The summed E-state index contributed by atoms with van der Waals surface area (Å²) in [5.74, 6) is 0.754. The lowest BCUT2D eigenvalue weighted by Crippen LogP contribution is -2.25. The molecule has 0 saturated heterocycles. The van der Waals surface area contributed by atoms with Gasteiger partial charge in [-0.05, 0) is 23.1 Å². The minimum Gasteiger partial charge on any atom is -0.284 e. The van der Waals surface area contributed by atoms with Gasteiger partial charge in [0.2, 0.25) is 5.91 Å². The predicted molar refractivity (Wildman–Crippen MR) is 93.8 cm³/mol. The highest BCUT2D eigenvalue weighted by Crippen LogP contribution is 2.33. The van der Waals surface area contributed by atoms with Crippen LogP contribution in [-0.2, 0) is 10.8 Å². The summed E-state index contributed by atoms with van der Waals surface area (Å²) in [6.45, 7) is 12.4. The largest absolute Gasteiger partial charge is 0.284 e. The van der Waals surface area contributed by atoms with Gasteiger partial charge in [0.15, 0.2) is 0 Å². The standard InChI is InChI=1S/C18H25NOS/c1-12(20)19-15-10-14(17(2,3)4)8-7-13(15)9-16(19)18(5,6)11-21/h7-10,21H,11H2,1-6H3. The maximum Gasteiger partial charge on any atom is 0.228 e. The van der Waals surface area contributed by atoms with Crippen molar-refractivity contribution in [3.05, 3.63) is 35.5 Å². The van der Waals surface area contributed by atoms with Crippen LogP contribution in [0.4, 0.5) is 0 Å². The number of rotatable bonds is 2. The van der Waals surface area contributed by atoms with E-state index in [1.807, 2.05) is 4.57 Å². The zero-order valence-electron chi connectivity index (χ0n) is 13.8. The monoisotopic (exact) mass is 303 g/mol. The molecule has 0 N–H and O–H groups in total. The molecule has 0 unspecified atom stereocenters. The first kappa shape index (κ1) is 16.2. The van der Waals surface area contributed by atoms with Crippen LogP contribution in [0.25, 0.3) is 10.9 Å². The van der Waals surface area contributed by atoms with Crippen LogP contribution in [0.2, 0.25) is 0 Å². The van der Waals surface area contributed by atoms with E-state index < -0.39 is 0 Å². The molecule has 2 aromatic rings. The molecular formula is C18H25NOS. The van der Waals surface area contributed by atoms with Gasteiger partial charge in [-0.15, -0.1) is 0 Å². The molecule has 2 rings (SSSR count). The Kier molecular flexibility index (Phi) is 4.00. The Morgan fingerprint density at radius 2 is 1.76 bits per heavy atom. The average molecular weight is 303 g/mol. The van der Waals surface area contributed by atoms with E-state index in [9.17, 15) is 4.79 Å². The Hall–Kier alpha value is -1.22. The maximum absolute atomic E-state index is 12.2. The molecule has 114 valence electrons. The summed E-state index contributed by atoms with van der Waals surface area (Å²) in [6, 6.07) is 8.55. The lowest BCUT2D eigenvalue weighted by Gasteiger charge is -2.24. The molecule has 1 aromatic heterocycles. The third-order valence-electron chi connectivity index (χ3n) is 4.07. The summed E-state index contributed by atoms with van der Waals surface area (Å²) in [5.41, 5.74) is 3.20. The molecule has 0 spiro atoms. The normalized spacial score (nSPS) is 12.9. The summed E-state index contributed by atoms with van der Waals surface area (Å²) < 4.78 is 1.85. The van der Waals surface area contributed by atoms with Gasteiger partial charge < -0.3 is 0 Å². The van der Waals surface area contributed by atoms with Crippen molar-refractivity contribution in [3.8, 4) is 0 Å². The van der Waals surface area contributed by atoms with E-state index in [-0.39, 0.29) is 16.7 Å². The van der Waals surface area contributed by atoms with Crippen molar-refractivity contribution in [1.82, 2.24) is 4.57 Å². The first-order valence-electron chi connectivity index (χ1n) is 7.36. The summed E-state index contributed by atoms with van der Waals surface area (Å²) in [4.78, 5) is 12.2. The number of thiol groups is 1. The van der Waals surface area contributed by atoms with E-state index in [1.165, 1.54) is 5.56 Å². The molecule has 21 heavy (non-hydrogen) atoms. The van der Waals surface area contributed by atoms with E-state index in [4.69, 9.17) is 0 Å². The molecule has 2 nitrogen and oxygen atoms in total. The van der Waals surface area contributed by atoms with Gasteiger partial charge >= 0.3 is 0 Å². The van der Waals surface area contributed by atoms with Crippen LogP contribution in [0.5, 0.6) is 0 Å². The van der Waals surface area contributed by atoms with Crippen molar-refractivity contribution < 1.29 is 4.79 Å². The van der Waals surface area contributed by atoms with E-state index in [0.717, 1.165) is 16.6 Å². The number of hydrogen-bond acceptors (Lipinski definition) is 2. The van der Waals surface area contributed by atoms with Crippen LogP contribution in [-0.4, -0.2) is 16.2 Å². The molecular weight excluding hydrogens is 278 g/mol. The van der Waals surface area contributed by atoms with Gasteiger partial charge in [0.05, 0.1) is 5.52 Å². The molecule has 3 heteroatoms. The van der Waals surface area contributed by atoms with Crippen molar-refractivity contribution in [3.63, 3.8) is 0 Å². The molecule has 0 fully saturated rings. The van der Waals surface area contributed by atoms with Crippen LogP contribution >= 0.6 is 12.6 Å². The fourth-order valence-corrected chi connectivity index (χ4v) is 2.75. The van der Waals surface area contributed by atoms with Crippen LogP contribution in [0, 0.1) is 0 Å². The number of nitrogens with zero attached hydrogens (tertiary/aromatic N) is 1. The number of carbonyl (C=O) groups is 1. The second kappa shape index (κ2) is 5.20. The highest BCUT2D eigenvalue weighted by Gasteiger charge is 2.26. The SMILES string of the molecule is CC(=O)n1c(C(C)(C)CS)cc2ccc(C(C)(C)C)cc21. The van der Waals surface area contributed by atoms with E-state index in [2.05, 4.69) is 71.5 Å². The summed E-state index contributed by atoms with van der Waals surface area (Å²) in [5, 5.41) is 1.11. The fraction of sp³-hybridized carbons (Fsp3) is 0.500. The summed E-state index contributed by atoms with van der Waals surface area (Å²) >= 11 is 4.45. The van der Waals surface area contributed by atoms with Gasteiger partial charge in [0.1, 0.15) is 0 Å². The average Bonchev–Trinajstić information content (AvgIpc) is 2.76. The van der Waals surface area contributed by atoms with Gasteiger partial charge in [-0.1, -0.05) is 46.8 Å². The molecule has 0 aliphatic carbocycles. The van der Waals surface area contributed by atoms with Crippen LogP contribution in [0.3, 0.4) is 0 Å². The molecule has 1 heterocycles. The number of aromatic nitrogens is 1. The highest BCUT2D eigenvalue weighted by molar-refractivity contribution is 7.80. The second-order valence-electron chi connectivity index (χ2n) is 7.45. The van der Waals surface area contributed by atoms with E-state index in [1.54, 1.807) is 6.92 Å². The quantitative estimate of drug-likeness (QED) is 0.790. The highest BCUT2D eigenvalue weighted by atomic mass is 32.1. The number of hydrogen-bond donors (Lipinski definition) is 1. The Labute approximate surface area is 132 Å². The van der Waals surface area contributed by atoms with Crippen molar-refractivity contribution in [2.24, 2.45) is 0 Å². The summed E-state index contributed by atoms with van der Waals surface area (Å²) in [6.07, 6.45) is 0. The van der Waals surface area contributed by atoms with Gasteiger partial charge in [0.25, 0.3) is 0 Å². The molecule has 0 aliphatic heterocycles. The molecule has 0 aliphatic rings. The van der Waals surface area contributed by atoms with Gasteiger partial charge in [-0.3, -0.25) is 9.36 Å². The first-order chi connectivity index (χ1) is 9.58. The lowest BCUT2D eigenvalue weighted by atomic mass is 9.87. The Morgan fingerprint density at radius 3 is 2.24 bits per heavy atom. The lowest BCUT2D eigenvalue weighted by molar-refractivity contribution is 0.0935. The fourth-order valence-electron chi connectivity index (χ4n) is 2.59. The molecule has 0 bridgehead atoms. The number of benzene rings is 1. The topological polar surface area (TPSA) is 22.0 Å². The Bertz CT molecular complexity index is 689. The first-order valence-corrected chi connectivity index (χ1v) is 7.99. The molecule has 0 saturated carbocycles. The Morgan fingerprint density at radius 1 is 1.14 bits per heavy atom. The van der Waals surface area contributed by atoms with E-state index >= 15 is 0 Å². The second-order valence-corrected chi connectivity index (χ2v) is 7.77. The third-order valence-corrected chi connectivity index (χ3v) is 4.86. The predicted octanol–water partition coefficient (Wildman–Crippen LogP) is 4.81. The van der Waals surface area contributed by atoms with Crippen molar-refractivity contribution >= 4 is 29.4 Å². The minimum atomic E-state index is -0.143. The minimum absolute atomic E-state index is 0.0564. The third kappa shape index (κ3) is 2.89. The zero-order chi connectivity index (χ0) is 16.0. The smallest absolute Gasteiger partial charge is 0.228 e. The van der Waals surface area contributed by atoms with Gasteiger partial charge in [-0.2, -0.15) is 12.6 Å². The number of fused-ring (bicyclic) bond motifs is 1. The number of carbonyl (C=O) groups excluding carboxylic acids is 1. The van der Waals surface area contributed by atoms with Crippen molar-refractivity contribution in [2.45, 2.75) is 52.4 Å². The molecule has 0 radical (unpaired) electrons. The summed E-state index contributed by atoms with van der Waals surface area (Å²) in [7, 11) is 0. The molecule has 0 amide bonds. The van der Waals surface area contributed by atoms with Gasteiger partial charge in [-0.25, -0.2) is 0 Å². The van der Waals surface area contributed by atoms with E-state index in [0.29, 0.717) is 5.75 Å². The van der Waals surface area contributed by atoms with Crippen molar-refractivity contribution in [2.75, 3.05) is 5.75 Å². The molecule has 0 atom stereocenters. The van der Waals surface area contributed by atoms with Gasteiger partial charge in [0, 0.05) is 29.2 Å². The molecule has 1 aromatic carbocycles. The van der Waals surface area contributed by atoms with Crippen LogP contribution < -0.4 is 0 Å².